The van der Waals surface area contributed by atoms with Gasteiger partial charge in [0.15, 0.2) is 0 Å². The molecular formula is C23H44O4. The molecule has 0 aromatic heterocycles. The highest BCUT2D eigenvalue weighted by atomic mass is 16.5. The Morgan fingerprint density at radius 1 is 0.630 bits per heavy atom. The molecule has 160 valence electrons. The number of carbonyl (C=O) groups is 2. The van der Waals surface area contributed by atoms with Gasteiger partial charge in [-0.25, -0.2) is 0 Å². The molecule has 4 heteroatoms. The molecular weight excluding hydrogens is 340 g/mol. The number of hydrogen-bond donors (Lipinski definition) is 0. The lowest BCUT2D eigenvalue weighted by molar-refractivity contribution is -0.154. The fourth-order valence-electron chi connectivity index (χ4n) is 3.14. The molecule has 0 aliphatic heterocycles. The van der Waals surface area contributed by atoms with Gasteiger partial charge in [0.05, 0.1) is 19.4 Å². The molecule has 0 saturated carbocycles. The average Bonchev–Trinajstić information content (AvgIpc) is 2.66. The lowest BCUT2D eigenvalue weighted by Crippen LogP contribution is -2.19. The molecule has 1 atom stereocenters. The number of esters is 2. The van der Waals surface area contributed by atoms with Gasteiger partial charge in [0.2, 0.25) is 0 Å². The summed E-state index contributed by atoms with van der Waals surface area (Å²) < 4.78 is 10.7. The van der Waals surface area contributed by atoms with Crippen molar-refractivity contribution in [1.29, 1.82) is 0 Å². The molecule has 0 radical (unpaired) electrons. The molecule has 0 aromatic carbocycles. The summed E-state index contributed by atoms with van der Waals surface area (Å²) in [6.07, 6.45) is 16.4. The minimum absolute atomic E-state index is 0.000410. The van der Waals surface area contributed by atoms with E-state index < -0.39 is 0 Å². The molecule has 27 heavy (non-hydrogen) atoms. The van der Waals surface area contributed by atoms with Crippen LogP contribution in [0, 0.1) is 0 Å². The molecule has 0 amide bonds. The van der Waals surface area contributed by atoms with Gasteiger partial charge in [-0.2, -0.15) is 0 Å². The van der Waals surface area contributed by atoms with E-state index in [0.29, 0.717) is 6.61 Å². The van der Waals surface area contributed by atoms with Crippen LogP contribution in [0.3, 0.4) is 0 Å². The van der Waals surface area contributed by atoms with E-state index in [1.807, 2.05) is 0 Å². The first kappa shape index (κ1) is 25.9. The number of ether oxygens (including phenoxy) is 2. The van der Waals surface area contributed by atoms with E-state index in [1.54, 1.807) is 0 Å². The number of rotatable bonds is 19. The highest BCUT2D eigenvalue weighted by molar-refractivity contribution is 5.77. The molecule has 0 spiro atoms. The van der Waals surface area contributed by atoms with Crippen LogP contribution in [-0.4, -0.2) is 24.6 Å². The van der Waals surface area contributed by atoms with Crippen LogP contribution in [-0.2, 0) is 19.1 Å². The normalized spacial score (nSPS) is 12.0. The second kappa shape index (κ2) is 19.7. The lowest BCUT2D eigenvalue weighted by Gasteiger charge is -2.16. The highest BCUT2D eigenvalue weighted by Crippen LogP contribution is 2.13. The van der Waals surface area contributed by atoms with Crippen molar-refractivity contribution in [1.82, 2.24) is 0 Å². The van der Waals surface area contributed by atoms with Crippen molar-refractivity contribution >= 4 is 11.9 Å². The van der Waals surface area contributed by atoms with Crippen molar-refractivity contribution < 1.29 is 19.1 Å². The van der Waals surface area contributed by atoms with E-state index >= 15 is 0 Å². The molecule has 0 aliphatic rings. The van der Waals surface area contributed by atoms with E-state index in [-0.39, 0.29) is 30.9 Å². The Labute approximate surface area is 167 Å². The van der Waals surface area contributed by atoms with Gasteiger partial charge in [-0.05, 0) is 19.3 Å². The molecule has 4 nitrogen and oxygen atoms in total. The van der Waals surface area contributed by atoms with Crippen molar-refractivity contribution in [3.63, 3.8) is 0 Å². The fraction of sp³-hybridized carbons (Fsp3) is 0.913. The zero-order valence-electron chi connectivity index (χ0n) is 18.2. The summed E-state index contributed by atoms with van der Waals surface area (Å²) in [6, 6.07) is 0. The fourth-order valence-corrected chi connectivity index (χ4v) is 3.14. The number of unbranched alkanes of at least 4 members (excludes halogenated alkanes) is 9. The highest BCUT2D eigenvalue weighted by Gasteiger charge is 2.15. The molecule has 0 N–H and O–H groups in total. The van der Waals surface area contributed by atoms with Crippen LogP contribution < -0.4 is 0 Å². The predicted octanol–water partition coefficient (Wildman–Crippen LogP) is 6.74. The average molecular weight is 385 g/mol. The largest absolute Gasteiger partial charge is 0.466 e. The van der Waals surface area contributed by atoms with Gasteiger partial charge in [0, 0.05) is 0 Å². The van der Waals surface area contributed by atoms with Crippen molar-refractivity contribution in [3.8, 4) is 0 Å². The van der Waals surface area contributed by atoms with Crippen LogP contribution in [0.4, 0.5) is 0 Å². The predicted molar refractivity (Wildman–Crippen MR) is 112 cm³/mol. The Bertz CT molecular complexity index is 354. The van der Waals surface area contributed by atoms with Crippen molar-refractivity contribution in [2.45, 2.75) is 130 Å². The van der Waals surface area contributed by atoms with Crippen molar-refractivity contribution in [2.24, 2.45) is 0 Å². The molecule has 1 unspecified atom stereocenters. The second-order valence-corrected chi connectivity index (χ2v) is 7.59. The van der Waals surface area contributed by atoms with Crippen molar-refractivity contribution in [2.75, 3.05) is 6.61 Å². The first-order valence-corrected chi connectivity index (χ1v) is 11.5. The number of hydrogen-bond acceptors (Lipinski definition) is 4. The summed E-state index contributed by atoms with van der Waals surface area (Å²) in [5, 5.41) is 0. The van der Waals surface area contributed by atoms with Crippen LogP contribution >= 0.6 is 0 Å². The quantitative estimate of drug-likeness (QED) is 0.183. The van der Waals surface area contributed by atoms with E-state index in [0.717, 1.165) is 44.9 Å². The van der Waals surface area contributed by atoms with Crippen molar-refractivity contribution in [3.05, 3.63) is 0 Å². The second-order valence-electron chi connectivity index (χ2n) is 7.59. The molecule has 0 aliphatic carbocycles. The molecule has 0 aromatic rings. The Morgan fingerprint density at radius 2 is 1.19 bits per heavy atom. The van der Waals surface area contributed by atoms with Gasteiger partial charge in [0.1, 0.15) is 6.10 Å². The summed E-state index contributed by atoms with van der Waals surface area (Å²) in [7, 11) is 0. The van der Waals surface area contributed by atoms with Crippen LogP contribution in [0.15, 0.2) is 0 Å². The van der Waals surface area contributed by atoms with Gasteiger partial charge < -0.3 is 9.47 Å². The maximum atomic E-state index is 11.9. The molecule has 0 heterocycles. The molecule has 0 bridgehead atoms. The van der Waals surface area contributed by atoms with Gasteiger partial charge in [-0.1, -0.05) is 91.4 Å². The Morgan fingerprint density at radius 3 is 1.78 bits per heavy atom. The third kappa shape index (κ3) is 18.1. The van der Waals surface area contributed by atoms with E-state index in [2.05, 4.69) is 20.8 Å². The molecule has 0 fully saturated rings. The summed E-state index contributed by atoms with van der Waals surface area (Å²) in [6.45, 7) is 6.94. The maximum Gasteiger partial charge on any atom is 0.306 e. The zero-order chi connectivity index (χ0) is 20.2. The Hall–Kier alpha value is -1.06. The van der Waals surface area contributed by atoms with Gasteiger partial charge >= 0.3 is 11.9 Å². The standard InChI is InChI=1S/C23H44O4/c1-4-7-9-10-11-12-13-14-15-20-26-22(24)18-19-23(25)27-21(16-6-3)17-8-5-2/h21H,4-20H2,1-3H3. The Kier molecular flexibility index (Phi) is 18.9. The smallest absolute Gasteiger partial charge is 0.306 e. The number of carbonyl (C=O) groups excluding carboxylic acids is 2. The van der Waals surface area contributed by atoms with Crippen LogP contribution in [0.1, 0.15) is 124 Å². The van der Waals surface area contributed by atoms with Gasteiger partial charge in [-0.3, -0.25) is 9.59 Å². The van der Waals surface area contributed by atoms with Crippen LogP contribution in [0.25, 0.3) is 0 Å². The summed E-state index contributed by atoms with van der Waals surface area (Å²) in [4.78, 5) is 23.6. The van der Waals surface area contributed by atoms with Gasteiger partial charge in [0.25, 0.3) is 0 Å². The van der Waals surface area contributed by atoms with Gasteiger partial charge in [-0.15, -0.1) is 0 Å². The monoisotopic (exact) mass is 384 g/mol. The maximum absolute atomic E-state index is 11.9. The summed E-state index contributed by atoms with van der Waals surface area (Å²) in [5.41, 5.74) is 0. The first-order chi connectivity index (χ1) is 13.1. The molecule has 0 rings (SSSR count). The summed E-state index contributed by atoms with van der Waals surface area (Å²) >= 11 is 0. The Balaban J connectivity index is 3.60. The van der Waals surface area contributed by atoms with Crippen LogP contribution in [0.5, 0.6) is 0 Å². The van der Waals surface area contributed by atoms with E-state index in [4.69, 9.17) is 9.47 Å². The minimum Gasteiger partial charge on any atom is -0.466 e. The molecule has 0 saturated heterocycles. The third-order valence-electron chi connectivity index (χ3n) is 4.83. The topological polar surface area (TPSA) is 52.6 Å². The van der Waals surface area contributed by atoms with E-state index in [9.17, 15) is 9.59 Å². The van der Waals surface area contributed by atoms with E-state index in [1.165, 1.54) is 44.9 Å². The first-order valence-electron chi connectivity index (χ1n) is 11.5. The summed E-state index contributed by atoms with van der Waals surface area (Å²) in [5.74, 6) is -0.559. The SMILES string of the molecule is CCCCCCCCCCCOC(=O)CCC(=O)OC(CCC)CCCC. The minimum atomic E-state index is -0.285. The third-order valence-corrected chi connectivity index (χ3v) is 4.83. The lowest BCUT2D eigenvalue weighted by atomic mass is 10.1. The van der Waals surface area contributed by atoms with Crippen LogP contribution in [0.2, 0.25) is 0 Å². The zero-order valence-corrected chi connectivity index (χ0v) is 18.2.